The lowest BCUT2D eigenvalue weighted by Crippen LogP contribution is -2.23. The molecule has 5 nitrogen and oxygen atoms in total. The predicted octanol–water partition coefficient (Wildman–Crippen LogP) is 3.19. The average Bonchev–Trinajstić information content (AvgIpc) is 3.09. The predicted molar refractivity (Wildman–Crippen MR) is 95.6 cm³/mol. The lowest BCUT2D eigenvalue weighted by atomic mass is 10.1. The van der Waals surface area contributed by atoms with Crippen LogP contribution in [0.1, 0.15) is 17.3 Å². The van der Waals surface area contributed by atoms with Crippen LogP contribution in [-0.4, -0.2) is 33.2 Å². The maximum absolute atomic E-state index is 11.2. The first kappa shape index (κ1) is 16.9. The van der Waals surface area contributed by atoms with Crippen LogP contribution in [-0.2, 0) is 6.54 Å². The zero-order valence-corrected chi connectivity index (χ0v) is 14.0. The van der Waals surface area contributed by atoms with Gasteiger partial charge in [0, 0.05) is 17.3 Å². The monoisotopic (exact) mass is 336 g/mol. The molecule has 1 aromatic heterocycles. The van der Waals surface area contributed by atoms with E-state index < -0.39 is 6.10 Å². The number of hydrogen-bond donors (Lipinski definition) is 1. The van der Waals surface area contributed by atoms with E-state index in [1.54, 1.807) is 30.6 Å². The third kappa shape index (κ3) is 4.55. The highest BCUT2D eigenvalue weighted by molar-refractivity contribution is 5.94. The van der Waals surface area contributed by atoms with Crippen molar-refractivity contribution in [1.29, 1.82) is 0 Å². The van der Waals surface area contributed by atoms with E-state index in [4.69, 9.17) is 4.74 Å². The van der Waals surface area contributed by atoms with E-state index in [0.717, 1.165) is 11.3 Å². The highest BCUT2D eigenvalue weighted by Crippen LogP contribution is 2.16. The minimum atomic E-state index is -0.662. The van der Waals surface area contributed by atoms with Crippen molar-refractivity contribution in [2.24, 2.45) is 0 Å². The summed E-state index contributed by atoms with van der Waals surface area (Å²) in [4.78, 5) is 15.6. The first-order chi connectivity index (χ1) is 12.1. The van der Waals surface area contributed by atoms with Gasteiger partial charge in [-0.1, -0.05) is 30.3 Å². The van der Waals surface area contributed by atoms with Crippen LogP contribution in [0.2, 0.25) is 0 Å². The van der Waals surface area contributed by atoms with Crippen molar-refractivity contribution in [1.82, 2.24) is 9.55 Å². The quantitative estimate of drug-likeness (QED) is 0.673. The number of Topliss-reactive ketones (excluding diaryl/α,β-unsaturated/α-hetero) is 1. The van der Waals surface area contributed by atoms with Gasteiger partial charge in [-0.3, -0.25) is 4.79 Å². The SMILES string of the molecule is CC(=O)c1ccc(OC[C@@H](O)Cn2cnc(-c3ccccc3)c2)cc1. The lowest BCUT2D eigenvalue weighted by molar-refractivity contribution is 0.0923. The van der Waals surface area contributed by atoms with Gasteiger partial charge in [0.1, 0.15) is 18.5 Å². The Hall–Kier alpha value is -2.92. The Morgan fingerprint density at radius 2 is 1.88 bits per heavy atom. The van der Waals surface area contributed by atoms with Crippen molar-refractivity contribution >= 4 is 5.78 Å². The Kier molecular flexibility index (Phi) is 5.26. The lowest BCUT2D eigenvalue weighted by Gasteiger charge is -2.13. The fourth-order valence-corrected chi connectivity index (χ4v) is 2.49. The Morgan fingerprint density at radius 1 is 1.16 bits per heavy atom. The maximum atomic E-state index is 11.2. The van der Waals surface area contributed by atoms with Crippen LogP contribution in [0, 0.1) is 0 Å². The second-order valence-electron chi connectivity index (χ2n) is 5.87. The Balaban J connectivity index is 1.53. The molecule has 3 aromatic rings. The topological polar surface area (TPSA) is 64.3 Å². The Morgan fingerprint density at radius 3 is 2.56 bits per heavy atom. The molecule has 128 valence electrons. The largest absolute Gasteiger partial charge is 0.491 e. The molecule has 2 aromatic carbocycles. The number of aromatic nitrogens is 2. The number of nitrogens with zero attached hydrogens (tertiary/aromatic N) is 2. The molecule has 0 saturated carbocycles. The van der Waals surface area contributed by atoms with E-state index in [2.05, 4.69) is 4.98 Å². The zero-order valence-electron chi connectivity index (χ0n) is 14.0. The summed E-state index contributed by atoms with van der Waals surface area (Å²) in [7, 11) is 0. The molecule has 0 aliphatic rings. The van der Waals surface area contributed by atoms with Crippen LogP contribution >= 0.6 is 0 Å². The Labute approximate surface area is 146 Å². The molecule has 0 aliphatic carbocycles. The standard InChI is InChI=1S/C20H20N2O3/c1-15(23)16-7-9-19(10-8-16)25-13-18(24)11-22-12-20(21-14-22)17-5-3-2-4-6-17/h2-10,12,14,18,24H,11,13H2,1H3/t18-/m0/s1. The van der Waals surface area contributed by atoms with Gasteiger partial charge < -0.3 is 14.4 Å². The van der Waals surface area contributed by atoms with Gasteiger partial charge >= 0.3 is 0 Å². The van der Waals surface area contributed by atoms with E-state index in [9.17, 15) is 9.90 Å². The number of aliphatic hydroxyl groups excluding tert-OH is 1. The van der Waals surface area contributed by atoms with Gasteiger partial charge in [0.25, 0.3) is 0 Å². The van der Waals surface area contributed by atoms with E-state index in [1.807, 2.05) is 41.1 Å². The summed E-state index contributed by atoms with van der Waals surface area (Å²) in [5.74, 6) is 0.639. The molecule has 1 heterocycles. The molecule has 0 radical (unpaired) electrons. The smallest absolute Gasteiger partial charge is 0.159 e. The number of carbonyl (C=O) groups excluding carboxylic acids is 1. The molecule has 0 aliphatic heterocycles. The third-order valence-corrected chi connectivity index (χ3v) is 3.83. The highest BCUT2D eigenvalue weighted by atomic mass is 16.5. The Bertz CT molecular complexity index is 826. The first-order valence-electron chi connectivity index (χ1n) is 8.11. The zero-order chi connectivity index (χ0) is 17.6. The minimum absolute atomic E-state index is 0.0147. The van der Waals surface area contributed by atoms with Crippen LogP contribution in [0.25, 0.3) is 11.3 Å². The van der Waals surface area contributed by atoms with E-state index >= 15 is 0 Å². The highest BCUT2D eigenvalue weighted by Gasteiger charge is 2.09. The second-order valence-corrected chi connectivity index (χ2v) is 5.87. The molecule has 3 rings (SSSR count). The van der Waals surface area contributed by atoms with Crippen molar-refractivity contribution in [3.63, 3.8) is 0 Å². The summed E-state index contributed by atoms with van der Waals surface area (Å²) >= 11 is 0. The molecule has 0 bridgehead atoms. The summed E-state index contributed by atoms with van der Waals surface area (Å²) in [6.45, 7) is 2.08. The fraction of sp³-hybridized carbons (Fsp3) is 0.200. The number of imidazole rings is 1. The number of carbonyl (C=O) groups is 1. The van der Waals surface area contributed by atoms with E-state index in [0.29, 0.717) is 17.9 Å². The van der Waals surface area contributed by atoms with Crippen molar-refractivity contribution in [2.45, 2.75) is 19.6 Å². The number of ketones is 1. The number of rotatable bonds is 7. The van der Waals surface area contributed by atoms with Crippen molar-refractivity contribution in [2.75, 3.05) is 6.61 Å². The summed E-state index contributed by atoms with van der Waals surface area (Å²) in [5.41, 5.74) is 2.55. The third-order valence-electron chi connectivity index (χ3n) is 3.83. The van der Waals surface area contributed by atoms with Crippen molar-refractivity contribution in [3.05, 3.63) is 72.7 Å². The van der Waals surface area contributed by atoms with Crippen LogP contribution in [0.15, 0.2) is 67.1 Å². The second kappa shape index (κ2) is 7.77. The van der Waals surface area contributed by atoms with Gasteiger partial charge in [0.2, 0.25) is 0 Å². The fourth-order valence-electron chi connectivity index (χ4n) is 2.49. The molecule has 0 saturated heterocycles. The number of aliphatic hydroxyl groups is 1. The summed E-state index contributed by atoms with van der Waals surface area (Å²) in [6, 6.07) is 16.8. The summed E-state index contributed by atoms with van der Waals surface area (Å²) < 4.78 is 7.41. The minimum Gasteiger partial charge on any atom is -0.491 e. The van der Waals surface area contributed by atoms with Gasteiger partial charge in [-0.05, 0) is 31.2 Å². The molecule has 0 unspecified atom stereocenters. The van der Waals surface area contributed by atoms with Gasteiger partial charge in [-0.2, -0.15) is 0 Å². The van der Waals surface area contributed by atoms with E-state index in [1.165, 1.54) is 6.92 Å². The van der Waals surface area contributed by atoms with Crippen LogP contribution in [0.5, 0.6) is 5.75 Å². The van der Waals surface area contributed by atoms with Crippen LogP contribution in [0.3, 0.4) is 0 Å². The number of hydrogen-bond acceptors (Lipinski definition) is 4. The molecule has 0 fully saturated rings. The van der Waals surface area contributed by atoms with Gasteiger partial charge in [-0.15, -0.1) is 0 Å². The molecule has 1 N–H and O–H groups in total. The molecular formula is C20H20N2O3. The van der Waals surface area contributed by atoms with Crippen LogP contribution < -0.4 is 4.74 Å². The first-order valence-corrected chi connectivity index (χ1v) is 8.11. The molecule has 0 amide bonds. The normalized spacial score (nSPS) is 11.9. The van der Waals surface area contributed by atoms with Crippen molar-refractivity contribution < 1.29 is 14.6 Å². The molecule has 1 atom stereocenters. The van der Waals surface area contributed by atoms with Gasteiger partial charge in [0.15, 0.2) is 5.78 Å². The van der Waals surface area contributed by atoms with Gasteiger partial charge in [0.05, 0.1) is 18.6 Å². The number of benzene rings is 2. The molecule has 5 heteroatoms. The number of ether oxygens (including phenoxy) is 1. The average molecular weight is 336 g/mol. The molecule has 25 heavy (non-hydrogen) atoms. The van der Waals surface area contributed by atoms with E-state index in [-0.39, 0.29) is 12.4 Å². The van der Waals surface area contributed by atoms with Gasteiger partial charge in [-0.25, -0.2) is 4.98 Å². The summed E-state index contributed by atoms with van der Waals surface area (Å²) in [6.07, 6.45) is 2.94. The van der Waals surface area contributed by atoms with Crippen molar-refractivity contribution in [3.8, 4) is 17.0 Å². The van der Waals surface area contributed by atoms with Crippen LogP contribution in [0.4, 0.5) is 0 Å². The summed E-state index contributed by atoms with van der Waals surface area (Å²) in [5, 5.41) is 10.2. The maximum Gasteiger partial charge on any atom is 0.159 e. The molecule has 0 spiro atoms. The molecular weight excluding hydrogens is 316 g/mol.